The van der Waals surface area contributed by atoms with Crippen LogP contribution in [0.2, 0.25) is 0 Å². The first kappa shape index (κ1) is 15.8. The highest BCUT2D eigenvalue weighted by Crippen LogP contribution is 2.15. The van der Waals surface area contributed by atoms with E-state index < -0.39 is 17.5 Å². The molecule has 0 aromatic heterocycles. The van der Waals surface area contributed by atoms with Crippen molar-refractivity contribution in [3.63, 3.8) is 0 Å². The van der Waals surface area contributed by atoms with Gasteiger partial charge in [-0.3, -0.25) is 14.4 Å². The molecule has 0 amide bonds. The molecular formula is C13H16O5. The van der Waals surface area contributed by atoms with Crippen LogP contribution < -0.4 is 0 Å². The molecule has 0 heterocycles. The summed E-state index contributed by atoms with van der Waals surface area (Å²) >= 11 is 0. The molecule has 0 saturated carbocycles. The predicted molar refractivity (Wildman–Crippen MR) is 65.2 cm³/mol. The molecule has 0 N–H and O–H groups in total. The lowest BCUT2D eigenvalue weighted by Crippen LogP contribution is -2.12. The van der Waals surface area contributed by atoms with Crippen LogP contribution >= 0.6 is 0 Å². The van der Waals surface area contributed by atoms with Gasteiger partial charge in [-0.25, -0.2) is 0 Å². The van der Waals surface area contributed by atoms with E-state index in [1.807, 2.05) is 0 Å². The summed E-state index contributed by atoms with van der Waals surface area (Å²) in [5.41, 5.74) is 0. The van der Waals surface area contributed by atoms with Gasteiger partial charge in [0.25, 0.3) is 0 Å². The van der Waals surface area contributed by atoms with Crippen molar-refractivity contribution >= 4 is 17.5 Å². The standard InChI is InChI=1S/C13H16O5/c1-6-11(18-12(16)7-2)13(9(4)15)17-10(5)8(3)14/h6H,1,5,7H2,2-4H3/b13-11-. The number of hydrogen-bond donors (Lipinski definition) is 0. The summed E-state index contributed by atoms with van der Waals surface area (Å²) in [4.78, 5) is 33.6. The number of rotatable bonds is 7. The number of ether oxygens (including phenoxy) is 2. The van der Waals surface area contributed by atoms with Crippen LogP contribution in [0, 0.1) is 0 Å². The minimum absolute atomic E-state index is 0.128. The summed E-state index contributed by atoms with van der Waals surface area (Å²) in [6.07, 6.45) is 1.30. The quantitative estimate of drug-likeness (QED) is 0.300. The minimum atomic E-state index is -0.541. The first-order valence-corrected chi connectivity index (χ1v) is 5.29. The Morgan fingerprint density at radius 2 is 1.67 bits per heavy atom. The van der Waals surface area contributed by atoms with Crippen molar-refractivity contribution in [1.29, 1.82) is 0 Å². The summed E-state index contributed by atoms with van der Waals surface area (Å²) in [6.45, 7) is 10.8. The lowest BCUT2D eigenvalue weighted by molar-refractivity contribution is -0.139. The van der Waals surface area contributed by atoms with Crippen molar-refractivity contribution in [2.45, 2.75) is 27.2 Å². The van der Waals surface area contributed by atoms with Crippen LogP contribution in [0.25, 0.3) is 0 Å². The molecule has 0 radical (unpaired) electrons. The highest BCUT2D eigenvalue weighted by Gasteiger charge is 2.18. The lowest BCUT2D eigenvalue weighted by Gasteiger charge is -2.11. The molecule has 0 atom stereocenters. The molecule has 18 heavy (non-hydrogen) atoms. The molecule has 0 aromatic rings. The highest BCUT2D eigenvalue weighted by atomic mass is 16.6. The van der Waals surface area contributed by atoms with Gasteiger partial charge in [0.15, 0.2) is 23.1 Å². The average Bonchev–Trinajstić information content (AvgIpc) is 2.32. The van der Waals surface area contributed by atoms with Gasteiger partial charge >= 0.3 is 5.97 Å². The molecule has 5 nitrogen and oxygen atoms in total. The molecule has 0 bridgehead atoms. The van der Waals surface area contributed by atoms with Gasteiger partial charge < -0.3 is 9.47 Å². The molecular weight excluding hydrogens is 236 g/mol. The van der Waals surface area contributed by atoms with Crippen LogP contribution in [-0.2, 0) is 23.9 Å². The van der Waals surface area contributed by atoms with Crippen molar-refractivity contribution < 1.29 is 23.9 Å². The van der Waals surface area contributed by atoms with E-state index in [-0.39, 0.29) is 23.7 Å². The second kappa shape index (κ2) is 7.21. The zero-order valence-electron chi connectivity index (χ0n) is 10.7. The van der Waals surface area contributed by atoms with Crippen molar-refractivity contribution in [3.05, 3.63) is 36.5 Å². The third-order valence-electron chi connectivity index (χ3n) is 1.86. The van der Waals surface area contributed by atoms with Gasteiger partial charge in [-0.2, -0.15) is 0 Å². The Morgan fingerprint density at radius 3 is 2.00 bits per heavy atom. The molecule has 5 heteroatoms. The van der Waals surface area contributed by atoms with Crippen molar-refractivity contribution in [3.8, 4) is 0 Å². The van der Waals surface area contributed by atoms with Gasteiger partial charge in [-0.1, -0.05) is 20.1 Å². The third-order valence-corrected chi connectivity index (χ3v) is 1.86. The van der Waals surface area contributed by atoms with Gasteiger partial charge in [-0.15, -0.1) is 0 Å². The molecule has 0 aliphatic heterocycles. The molecule has 0 unspecified atom stereocenters. The van der Waals surface area contributed by atoms with E-state index in [0.717, 1.165) is 6.08 Å². The monoisotopic (exact) mass is 252 g/mol. The van der Waals surface area contributed by atoms with Crippen molar-refractivity contribution in [2.75, 3.05) is 0 Å². The Morgan fingerprint density at radius 1 is 1.11 bits per heavy atom. The van der Waals surface area contributed by atoms with Crippen molar-refractivity contribution in [2.24, 2.45) is 0 Å². The molecule has 0 aromatic carbocycles. The summed E-state index contributed by atoms with van der Waals surface area (Å²) in [6, 6.07) is 0. The SMILES string of the molecule is C=C/C(OC(=O)CC)=C(/OC(=C)C(C)=O)C(C)=O. The Labute approximate surface area is 106 Å². The Hall–Kier alpha value is -2.17. The molecule has 98 valence electrons. The Kier molecular flexibility index (Phi) is 6.34. The largest absolute Gasteiger partial charge is 0.447 e. The second-order valence-electron chi connectivity index (χ2n) is 3.36. The van der Waals surface area contributed by atoms with Gasteiger partial charge in [0.1, 0.15) is 0 Å². The first-order chi connectivity index (χ1) is 8.33. The first-order valence-electron chi connectivity index (χ1n) is 5.29. The Balaban J connectivity index is 5.31. The third kappa shape index (κ3) is 4.78. The van der Waals surface area contributed by atoms with Crippen LogP contribution in [0.1, 0.15) is 27.2 Å². The zero-order valence-corrected chi connectivity index (χ0v) is 10.7. The molecule has 0 fully saturated rings. The number of carbonyl (C=O) groups excluding carboxylic acids is 3. The normalized spacial score (nSPS) is 11.1. The van der Waals surface area contributed by atoms with Crippen LogP contribution in [0.4, 0.5) is 0 Å². The summed E-state index contributed by atoms with van der Waals surface area (Å²) in [5.74, 6) is -2.09. The van der Waals surface area contributed by atoms with Crippen LogP contribution in [0.3, 0.4) is 0 Å². The van der Waals surface area contributed by atoms with Gasteiger partial charge in [0.05, 0.1) is 0 Å². The summed E-state index contributed by atoms with van der Waals surface area (Å²) in [7, 11) is 0. The number of ketones is 2. The number of allylic oxidation sites excluding steroid dienone is 3. The zero-order chi connectivity index (χ0) is 14.3. The van der Waals surface area contributed by atoms with E-state index in [0.29, 0.717) is 0 Å². The molecule has 0 saturated heterocycles. The van der Waals surface area contributed by atoms with E-state index >= 15 is 0 Å². The number of carbonyl (C=O) groups is 3. The number of esters is 1. The maximum atomic E-state index is 11.4. The summed E-state index contributed by atoms with van der Waals surface area (Å²) in [5, 5.41) is 0. The van der Waals surface area contributed by atoms with E-state index in [4.69, 9.17) is 9.47 Å². The maximum Gasteiger partial charge on any atom is 0.311 e. The van der Waals surface area contributed by atoms with E-state index in [1.165, 1.54) is 13.8 Å². The predicted octanol–water partition coefficient (Wildman–Crippen LogP) is 2.05. The average molecular weight is 252 g/mol. The molecule has 0 spiro atoms. The highest BCUT2D eigenvalue weighted by molar-refractivity contribution is 5.95. The maximum absolute atomic E-state index is 11.4. The molecule has 0 aliphatic rings. The Bertz CT molecular complexity index is 429. The topological polar surface area (TPSA) is 69.7 Å². The second-order valence-corrected chi connectivity index (χ2v) is 3.36. The fraction of sp³-hybridized carbons (Fsp3) is 0.308. The molecule has 0 rings (SSSR count). The van der Waals surface area contributed by atoms with Crippen LogP contribution in [0.5, 0.6) is 0 Å². The van der Waals surface area contributed by atoms with E-state index in [2.05, 4.69) is 13.2 Å². The smallest absolute Gasteiger partial charge is 0.311 e. The van der Waals surface area contributed by atoms with Gasteiger partial charge in [0.2, 0.25) is 5.76 Å². The minimum Gasteiger partial charge on any atom is -0.447 e. The fourth-order valence-corrected chi connectivity index (χ4v) is 0.866. The lowest BCUT2D eigenvalue weighted by atomic mass is 10.3. The summed E-state index contributed by atoms with van der Waals surface area (Å²) < 4.78 is 9.89. The number of Topliss-reactive ketones (excluding diaryl/α,β-unsaturated/α-hetero) is 2. The fourth-order valence-electron chi connectivity index (χ4n) is 0.866. The van der Waals surface area contributed by atoms with Crippen LogP contribution in [-0.4, -0.2) is 17.5 Å². The molecule has 0 aliphatic carbocycles. The van der Waals surface area contributed by atoms with Crippen LogP contribution in [0.15, 0.2) is 36.5 Å². The number of hydrogen-bond acceptors (Lipinski definition) is 5. The van der Waals surface area contributed by atoms with Crippen molar-refractivity contribution in [1.82, 2.24) is 0 Å². The van der Waals surface area contributed by atoms with Gasteiger partial charge in [-0.05, 0) is 6.08 Å². The van der Waals surface area contributed by atoms with E-state index in [1.54, 1.807) is 6.92 Å². The van der Waals surface area contributed by atoms with E-state index in [9.17, 15) is 14.4 Å². The van der Waals surface area contributed by atoms with Gasteiger partial charge in [0, 0.05) is 20.3 Å².